The second-order valence-corrected chi connectivity index (χ2v) is 3.32. The predicted molar refractivity (Wildman–Crippen MR) is 50.3 cm³/mol. The maximum atomic E-state index is 10.5. The van der Waals surface area contributed by atoms with Crippen molar-refractivity contribution in [3.8, 4) is 0 Å². The molecule has 1 aromatic rings. The average molecular weight is 185 g/mol. The first kappa shape index (κ1) is 9.22. The first-order chi connectivity index (χ1) is 5.61. The van der Waals surface area contributed by atoms with Crippen molar-refractivity contribution in [3.63, 3.8) is 0 Å². The van der Waals surface area contributed by atoms with Gasteiger partial charge in [0.2, 0.25) is 0 Å². The number of nitrogens with one attached hydrogen (secondary N) is 1. The molecule has 1 atom stereocenters. The molecule has 1 unspecified atom stereocenters. The van der Waals surface area contributed by atoms with E-state index in [4.69, 9.17) is 4.55 Å². The predicted octanol–water partition coefficient (Wildman–Crippen LogP) is 1.85. The van der Waals surface area contributed by atoms with Gasteiger partial charge in [-0.15, -0.1) is 0 Å². The third-order valence-electron chi connectivity index (χ3n) is 1.67. The summed E-state index contributed by atoms with van der Waals surface area (Å²) in [6.07, 6.45) is 0. The van der Waals surface area contributed by atoms with Crippen molar-refractivity contribution in [2.45, 2.75) is 13.8 Å². The van der Waals surface area contributed by atoms with Crippen LogP contribution in [0.2, 0.25) is 0 Å². The minimum Gasteiger partial charge on any atom is -0.289 e. The summed E-state index contributed by atoms with van der Waals surface area (Å²) in [5.41, 5.74) is 2.67. The molecule has 4 heteroatoms. The maximum Gasteiger partial charge on any atom is 0.259 e. The maximum absolute atomic E-state index is 10.5. The van der Waals surface area contributed by atoms with Crippen LogP contribution in [0.25, 0.3) is 0 Å². The highest BCUT2D eigenvalue weighted by Crippen LogP contribution is 2.19. The molecule has 0 saturated carbocycles. The molecule has 66 valence electrons. The lowest BCUT2D eigenvalue weighted by molar-refractivity contribution is 0.570. The van der Waals surface area contributed by atoms with E-state index in [-0.39, 0.29) is 0 Å². The Morgan fingerprint density at radius 2 is 1.83 bits per heavy atom. The van der Waals surface area contributed by atoms with E-state index >= 15 is 0 Å². The highest BCUT2D eigenvalue weighted by Gasteiger charge is 2.02. The summed E-state index contributed by atoms with van der Waals surface area (Å²) >= 11 is -1.99. The van der Waals surface area contributed by atoms with Crippen molar-refractivity contribution in [3.05, 3.63) is 29.3 Å². The fourth-order valence-electron chi connectivity index (χ4n) is 1.06. The van der Waals surface area contributed by atoms with Gasteiger partial charge < -0.3 is 0 Å². The van der Waals surface area contributed by atoms with Crippen molar-refractivity contribution < 1.29 is 8.76 Å². The van der Waals surface area contributed by atoms with E-state index in [0.29, 0.717) is 0 Å². The molecule has 0 aliphatic rings. The SMILES string of the molecule is Cc1cccc(C)c1NS(=O)O. The zero-order chi connectivity index (χ0) is 9.14. The Morgan fingerprint density at radius 1 is 1.33 bits per heavy atom. The second kappa shape index (κ2) is 3.69. The van der Waals surface area contributed by atoms with Crippen molar-refractivity contribution in [2.24, 2.45) is 0 Å². The Bertz CT molecular complexity index is 292. The Labute approximate surface area is 74.2 Å². The van der Waals surface area contributed by atoms with Crippen molar-refractivity contribution in [1.29, 1.82) is 0 Å². The van der Waals surface area contributed by atoms with Gasteiger partial charge in [-0.05, 0) is 25.0 Å². The van der Waals surface area contributed by atoms with Crippen LogP contribution in [0.1, 0.15) is 11.1 Å². The molecule has 0 radical (unpaired) electrons. The summed E-state index contributed by atoms with van der Waals surface area (Å²) in [5, 5.41) is 0. The van der Waals surface area contributed by atoms with Gasteiger partial charge in [0.05, 0.1) is 5.69 Å². The van der Waals surface area contributed by atoms with Crippen LogP contribution in [0.15, 0.2) is 18.2 Å². The fraction of sp³-hybridized carbons (Fsp3) is 0.250. The molecule has 0 heterocycles. The summed E-state index contributed by atoms with van der Waals surface area (Å²) in [7, 11) is 0. The Hall–Kier alpha value is -0.870. The van der Waals surface area contributed by atoms with Crippen molar-refractivity contribution >= 4 is 17.0 Å². The lowest BCUT2D eigenvalue weighted by atomic mass is 10.1. The van der Waals surface area contributed by atoms with E-state index in [2.05, 4.69) is 4.72 Å². The molecule has 0 bridgehead atoms. The van der Waals surface area contributed by atoms with Gasteiger partial charge >= 0.3 is 0 Å². The first-order valence-electron chi connectivity index (χ1n) is 3.55. The van der Waals surface area contributed by atoms with Gasteiger partial charge in [0.1, 0.15) is 0 Å². The number of hydrogen-bond acceptors (Lipinski definition) is 1. The van der Waals surface area contributed by atoms with Crippen molar-refractivity contribution in [2.75, 3.05) is 4.72 Å². The molecule has 1 aromatic carbocycles. The van der Waals surface area contributed by atoms with Crippen LogP contribution < -0.4 is 4.72 Å². The summed E-state index contributed by atoms with van der Waals surface area (Å²) < 4.78 is 21.6. The normalized spacial score (nSPS) is 12.6. The number of rotatable bonds is 2. The van der Waals surface area contributed by atoms with Gasteiger partial charge in [-0.2, -0.15) is 0 Å². The van der Waals surface area contributed by atoms with E-state index < -0.39 is 11.3 Å². The summed E-state index contributed by atoms with van der Waals surface area (Å²) in [6, 6.07) is 5.69. The zero-order valence-electron chi connectivity index (χ0n) is 7.00. The molecule has 0 fully saturated rings. The lowest BCUT2D eigenvalue weighted by Crippen LogP contribution is -2.04. The van der Waals surface area contributed by atoms with Gasteiger partial charge in [-0.25, -0.2) is 4.21 Å². The van der Waals surface area contributed by atoms with Gasteiger partial charge in [-0.1, -0.05) is 18.2 Å². The molecule has 3 nitrogen and oxygen atoms in total. The number of anilines is 1. The van der Waals surface area contributed by atoms with E-state index in [1.165, 1.54) is 0 Å². The van der Waals surface area contributed by atoms with E-state index in [9.17, 15) is 4.21 Å². The zero-order valence-corrected chi connectivity index (χ0v) is 7.81. The topological polar surface area (TPSA) is 49.3 Å². The molecule has 0 aromatic heterocycles. The lowest BCUT2D eigenvalue weighted by Gasteiger charge is -2.08. The van der Waals surface area contributed by atoms with Crippen LogP contribution in [-0.4, -0.2) is 8.76 Å². The smallest absolute Gasteiger partial charge is 0.259 e. The van der Waals surface area contributed by atoms with Crippen molar-refractivity contribution in [1.82, 2.24) is 0 Å². The fourth-order valence-corrected chi connectivity index (χ4v) is 1.56. The molecule has 0 saturated heterocycles. The molecule has 0 aliphatic heterocycles. The van der Waals surface area contributed by atoms with Crippen LogP contribution in [0.5, 0.6) is 0 Å². The number of aryl methyl sites for hydroxylation is 2. The van der Waals surface area contributed by atoms with Crippen LogP contribution in [0.3, 0.4) is 0 Å². The second-order valence-electron chi connectivity index (χ2n) is 2.62. The summed E-state index contributed by atoms with van der Waals surface area (Å²) in [5.74, 6) is 0. The van der Waals surface area contributed by atoms with Crippen LogP contribution >= 0.6 is 0 Å². The molecule has 12 heavy (non-hydrogen) atoms. The highest BCUT2D eigenvalue weighted by molar-refractivity contribution is 7.80. The third kappa shape index (κ3) is 2.06. The molecule has 2 N–H and O–H groups in total. The van der Waals surface area contributed by atoms with Gasteiger partial charge in [-0.3, -0.25) is 9.27 Å². The largest absolute Gasteiger partial charge is 0.289 e. The summed E-state index contributed by atoms with van der Waals surface area (Å²) in [6.45, 7) is 3.78. The Kier molecular flexibility index (Phi) is 2.83. The molecule has 1 rings (SSSR count). The van der Waals surface area contributed by atoms with E-state index in [1.807, 2.05) is 32.0 Å². The van der Waals surface area contributed by atoms with Gasteiger partial charge in [0.15, 0.2) is 0 Å². The third-order valence-corrected chi connectivity index (χ3v) is 2.05. The van der Waals surface area contributed by atoms with Crippen LogP contribution in [-0.2, 0) is 11.3 Å². The van der Waals surface area contributed by atoms with Gasteiger partial charge in [0.25, 0.3) is 11.3 Å². The first-order valence-corrected chi connectivity index (χ1v) is 4.65. The number of hydrogen-bond donors (Lipinski definition) is 2. The van der Waals surface area contributed by atoms with Crippen LogP contribution in [0.4, 0.5) is 5.69 Å². The van der Waals surface area contributed by atoms with E-state index in [1.54, 1.807) is 0 Å². The molecular weight excluding hydrogens is 174 g/mol. The monoisotopic (exact) mass is 185 g/mol. The highest BCUT2D eigenvalue weighted by atomic mass is 32.2. The van der Waals surface area contributed by atoms with E-state index in [0.717, 1.165) is 16.8 Å². The molecular formula is C8H11NO2S. The quantitative estimate of drug-likeness (QED) is 0.691. The van der Waals surface area contributed by atoms with Crippen LogP contribution in [0, 0.1) is 13.8 Å². The Balaban J connectivity index is 3.04. The minimum absolute atomic E-state index is 0.735. The van der Waals surface area contributed by atoms with Gasteiger partial charge in [0, 0.05) is 0 Å². The minimum atomic E-state index is -1.99. The average Bonchev–Trinajstić information content (AvgIpc) is 1.97. The number of benzene rings is 1. The number of para-hydroxylation sites is 1. The Morgan fingerprint density at radius 3 is 2.25 bits per heavy atom. The standard InChI is InChI=1S/C8H11NO2S/c1-6-4-3-5-7(2)8(6)9-12(10)11/h3-5,9H,1-2H3,(H,10,11). The summed E-state index contributed by atoms with van der Waals surface area (Å²) in [4.78, 5) is 0. The molecule has 0 aliphatic carbocycles. The molecule has 0 amide bonds. The molecule has 0 spiro atoms.